The first kappa shape index (κ1) is 16.5. The number of rotatable bonds is 3. The van der Waals surface area contributed by atoms with Crippen LogP contribution in [0.5, 0.6) is 11.5 Å². The van der Waals surface area contributed by atoms with Gasteiger partial charge in [0.25, 0.3) is 0 Å². The molecule has 1 fully saturated rings. The third-order valence-corrected chi connectivity index (χ3v) is 5.71. The summed E-state index contributed by atoms with van der Waals surface area (Å²) in [4.78, 5) is 2.14. The van der Waals surface area contributed by atoms with Gasteiger partial charge in [-0.3, -0.25) is 4.90 Å². The molecular weight excluding hydrogens is 316 g/mol. The van der Waals surface area contributed by atoms with Crippen LogP contribution in [0.3, 0.4) is 0 Å². The van der Waals surface area contributed by atoms with E-state index in [1.165, 1.54) is 0 Å². The smallest absolute Gasteiger partial charge is 0.213 e. The van der Waals surface area contributed by atoms with E-state index in [-0.39, 0.29) is 0 Å². The van der Waals surface area contributed by atoms with Gasteiger partial charge in [0.1, 0.15) is 0 Å². The maximum atomic E-state index is 11.6. The van der Waals surface area contributed by atoms with Crippen LogP contribution in [-0.4, -0.2) is 44.9 Å². The molecule has 0 aromatic heterocycles. The summed E-state index contributed by atoms with van der Waals surface area (Å²) in [6, 6.07) is 5.96. The molecule has 1 atom stereocenters. The van der Waals surface area contributed by atoms with Gasteiger partial charge in [-0.2, -0.15) is 0 Å². The second-order valence-corrected chi connectivity index (χ2v) is 8.12. The molecule has 0 aliphatic carbocycles. The second-order valence-electron chi connectivity index (χ2n) is 6.27. The highest BCUT2D eigenvalue weighted by Gasteiger charge is 2.28. The molecule has 1 aromatic rings. The summed E-state index contributed by atoms with van der Waals surface area (Å²) >= 11 is 0. The molecule has 6 nitrogen and oxygen atoms in total. The van der Waals surface area contributed by atoms with Gasteiger partial charge in [0.15, 0.2) is 11.5 Å². The molecule has 1 unspecified atom stereocenters. The number of ether oxygens (including phenoxy) is 2. The lowest BCUT2D eigenvalue weighted by atomic mass is 10.1. The van der Waals surface area contributed by atoms with Crippen molar-refractivity contribution in [1.29, 1.82) is 0 Å². The Balaban J connectivity index is 1.69. The molecule has 0 bridgehead atoms. The van der Waals surface area contributed by atoms with Crippen LogP contribution in [0.1, 0.15) is 31.2 Å². The fourth-order valence-electron chi connectivity index (χ4n) is 3.13. The quantitative estimate of drug-likeness (QED) is 0.901. The van der Waals surface area contributed by atoms with Crippen molar-refractivity contribution in [2.75, 3.05) is 26.3 Å². The SMILES string of the molecule is NS(=O)(=O)C1CCCN(Cc2ccc3c(c2)OCCCCO3)C1. The van der Waals surface area contributed by atoms with Gasteiger partial charge < -0.3 is 9.47 Å². The van der Waals surface area contributed by atoms with E-state index in [1.807, 2.05) is 18.2 Å². The molecule has 0 spiro atoms. The van der Waals surface area contributed by atoms with Gasteiger partial charge in [0.05, 0.1) is 18.5 Å². The van der Waals surface area contributed by atoms with Crippen molar-refractivity contribution < 1.29 is 17.9 Å². The van der Waals surface area contributed by atoms with Crippen molar-refractivity contribution in [3.63, 3.8) is 0 Å². The van der Waals surface area contributed by atoms with Crippen molar-refractivity contribution in [3.8, 4) is 11.5 Å². The Morgan fingerprint density at radius 2 is 1.87 bits per heavy atom. The molecule has 1 saturated heterocycles. The second kappa shape index (κ2) is 7.07. The molecule has 128 valence electrons. The molecule has 23 heavy (non-hydrogen) atoms. The number of nitrogens with two attached hydrogens (primary N) is 1. The van der Waals surface area contributed by atoms with E-state index in [9.17, 15) is 8.42 Å². The van der Waals surface area contributed by atoms with E-state index in [0.717, 1.165) is 49.5 Å². The summed E-state index contributed by atoms with van der Waals surface area (Å²) in [5.41, 5.74) is 1.10. The molecule has 2 heterocycles. The van der Waals surface area contributed by atoms with Crippen LogP contribution in [0.2, 0.25) is 0 Å². The fourth-order valence-corrected chi connectivity index (χ4v) is 4.05. The Morgan fingerprint density at radius 3 is 2.61 bits per heavy atom. The van der Waals surface area contributed by atoms with Crippen molar-refractivity contribution in [2.45, 2.75) is 37.5 Å². The van der Waals surface area contributed by atoms with E-state index in [1.54, 1.807) is 0 Å². The van der Waals surface area contributed by atoms with Crippen LogP contribution >= 0.6 is 0 Å². The predicted molar refractivity (Wildman–Crippen MR) is 88.1 cm³/mol. The molecule has 7 heteroatoms. The van der Waals surface area contributed by atoms with Gasteiger partial charge in [0, 0.05) is 13.1 Å². The Morgan fingerprint density at radius 1 is 1.13 bits per heavy atom. The molecule has 3 rings (SSSR count). The molecule has 0 radical (unpaired) electrons. The molecule has 0 saturated carbocycles. The summed E-state index contributed by atoms with van der Waals surface area (Å²) < 4.78 is 34.6. The van der Waals surface area contributed by atoms with E-state index >= 15 is 0 Å². The van der Waals surface area contributed by atoms with Crippen LogP contribution in [0.25, 0.3) is 0 Å². The van der Waals surface area contributed by atoms with E-state index < -0.39 is 15.3 Å². The van der Waals surface area contributed by atoms with E-state index in [0.29, 0.717) is 26.1 Å². The first-order valence-corrected chi connectivity index (χ1v) is 9.76. The average molecular weight is 340 g/mol. The van der Waals surface area contributed by atoms with E-state index in [4.69, 9.17) is 14.6 Å². The number of likely N-dealkylation sites (tertiary alicyclic amines) is 1. The van der Waals surface area contributed by atoms with Crippen molar-refractivity contribution >= 4 is 10.0 Å². The minimum Gasteiger partial charge on any atom is -0.490 e. The van der Waals surface area contributed by atoms with Crippen molar-refractivity contribution in [3.05, 3.63) is 23.8 Å². The molecule has 2 N–H and O–H groups in total. The molecule has 1 aromatic carbocycles. The van der Waals surface area contributed by atoms with Crippen molar-refractivity contribution in [1.82, 2.24) is 4.90 Å². The van der Waals surface area contributed by atoms with Gasteiger partial charge in [-0.15, -0.1) is 0 Å². The fraction of sp³-hybridized carbons (Fsp3) is 0.625. The Bertz CT molecular complexity index is 647. The lowest BCUT2D eigenvalue weighted by Crippen LogP contribution is -2.44. The standard InChI is InChI=1S/C16H24N2O4S/c17-23(19,20)14-4-3-7-18(12-14)11-13-5-6-15-16(10-13)22-9-2-1-8-21-15/h5-6,10,14H,1-4,7-9,11-12H2,(H2,17,19,20). The zero-order chi connectivity index (χ0) is 16.3. The predicted octanol–water partition coefficient (Wildman–Crippen LogP) is 1.49. The van der Waals surface area contributed by atoms with Crippen LogP contribution in [0, 0.1) is 0 Å². The summed E-state index contributed by atoms with van der Waals surface area (Å²) in [5, 5.41) is 4.84. The normalized spacial score (nSPS) is 23.1. The highest BCUT2D eigenvalue weighted by molar-refractivity contribution is 7.89. The minimum atomic E-state index is -3.46. The number of hydrogen-bond donors (Lipinski definition) is 1. The first-order valence-electron chi connectivity index (χ1n) is 8.15. The third kappa shape index (κ3) is 4.37. The highest BCUT2D eigenvalue weighted by atomic mass is 32.2. The maximum Gasteiger partial charge on any atom is 0.213 e. The molecule has 2 aliphatic heterocycles. The number of nitrogens with zero attached hydrogens (tertiary/aromatic N) is 1. The monoisotopic (exact) mass is 340 g/mol. The summed E-state index contributed by atoms with van der Waals surface area (Å²) in [6.45, 7) is 3.51. The number of piperidine rings is 1. The van der Waals surface area contributed by atoms with Gasteiger partial charge in [0.2, 0.25) is 10.0 Å². The third-order valence-electron chi connectivity index (χ3n) is 4.40. The van der Waals surface area contributed by atoms with Gasteiger partial charge >= 0.3 is 0 Å². The van der Waals surface area contributed by atoms with Crippen LogP contribution < -0.4 is 14.6 Å². The Kier molecular flexibility index (Phi) is 5.08. The summed E-state index contributed by atoms with van der Waals surface area (Å²) in [6.07, 6.45) is 3.50. The molecule has 2 aliphatic rings. The van der Waals surface area contributed by atoms with Gasteiger partial charge in [-0.1, -0.05) is 6.07 Å². The van der Waals surface area contributed by atoms with Crippen LogP contribution in [-0.2, 0) is 16.6 Å². The number of sulfonamides is 1. The lowest BCUT2D eigenvalue weighted by molar-refractivity contribution is 0.216. The van der Waals surface area contributed by atoms with Gasteiger partial charge in [-0.25, -0.2) is 13.6 Å². The Labute approximate surface area is 137 Å². The average Bonchev–Trinajstić information content (AvgIpc) is 2.48. The zero-order valence-electron chi connectivity index (χ0n) is 13.2. The Hall–Kier alpha value is -1.31. The van der Waals surface area contributed by atoms with E-state index in [2.05, 4.69) is 4.90 Å². The van der Waals surface area contributed by atoms with Gasteiger partial charge in [-0.05, 0) is 49.9 Å². The minimum absolute atomic E-state index is 0.458. The number of benzene rings is 1. The van der Waals surface area contributed by atoms with Crippen LogP contribution in [0.4, 0.5) is 0 Å². The molecule has 0 amide bonds. The zero-order valence-corrected chi connectivity index (χ0v) is 14.1. The lowest BCUT2D eigenvalue weighted by Gasteiger charge is -2.31. The topological polar surface area (TPSA) is 81.9 Å². The largest absolute Gasteiger partial charge is 0.490 e. The number of hydrogen-bond acceptors (Lipinski definition) is 5. The number of fused-ring (bicyclic) bond motifs is 1. The molecular formula is C16H24N2O4S. The van der Waals surface area contributed by atoms with Crippen LogP contribution in [0.15, 0.2) is 18.2 Å². The summed E-state index contributed by atoms with van der Waals surface area (Å²) in [7, 11) is -3.46. The number of primary sulfonamides is 1. The maximum absolute atomic E-state index is 11.6. The first-order chi connectivity index (χ1) is 11.0. The summed E-state index contributed by atoms with van der Waals surface area (Å²) in [5.74, 6) is 1.57. The van der Waals surface area contributed by atoms with Crippen molar-refractivity contribution in [2.24, 2.45) is 5.14 Å². The highest BCUT2D eigenvalue weighted by Crippen LogP contribution is 2.31.